The van der Waals surface area contributed by atoms with E-state index in [9.17, 15) is 9.90 Å². The van der Waals surface area contributed by atoms with Crippen LogP contribution in [-0.2, 0) is 4.74 Å². The minimum absolute atomic E-state index is 0.162. The molecule has 21 heavy (non-hydrogen) atoms. The lowest BCUT2D eigenvalue weighted by Crippen LogP contribution is -2.23. The molecule has 0 aliphatic rings. The monoisotopic (exact) mass is 307 g/mol. The van der Waals surface area contributed by atoms with Crippen LogP contribution in [0.3, 0.4) is 0 Å². The summed E-state index contributed by atoms with van der Waals surface area (Å²) in [7, 11) is 0. The number of nitrogens with zero attached hydrogens (tertiary/aromatic N) is 2. The lowest BCUT2D eigenvalue weighted by molar-refractivity contribution is 0.00692. The van der Waals surface area contributed by atoms with Crippen LogP contribution in [0.15, 0.2) is 23.2 Å². The number of ether oxygens (including phenoxy) is 1. The molecule has 0 spiro atoms. The van der Waals surface area contributed by atoms with E-state index in [1.807, 2.05) is 0 Å². The maximum Gasteiger partial charge on any atom is 0.338 e. The van der Waals surface area contributed by atoms with Gasteiger partial charge < -0.3 is 9.84 Å². The van der Waals surface area contributed by atoms with Crippen LogP contribution in [0.25, 0.3) is 0 Å². The first-order valence-corrected chi connectivity index (χ1v) is 7.33. The normalized spacial score (nSPS) is 11.7. The van der Waals surface area contributed by atoms with Crippen molar-refractivity contribution in [2.75, 3.05) is 6.26 Å². The van der Waals surface area contributed by atoms with Crippen LogP contribution in [0.2, 0.25) is 0 Å². The molecule has 0 aliphatic carbocycles. The zero-order chi connectivity index (χ0) is 16.0. The molecule has 0 aliphatic heterocycles. The number of aliphatic imine (C=N–C) groups is 1. The molecule has 112 valence electrons. The van der Waals surface area contributed by atoms with Gasteiger partial charge in [-0.3, -0.25) is 5.32 Å². The van der Waals surface area contributed by atoms with E-state index >= 15 is 0 Å². The number of carbonyl (C=O) groups is 1. The Morgan fingerprint density at radius 1 is 1.48 bits per heavy atom. The minimum atomic E-state index is -0.605. The van der Waals surface area contributed by atoms with Gasteiger partial charge in [-0.2, -0.15) is 5.26 Å². The summed E-state index contributed by atoms with van der Waals surface area (Å²) in [6.07, 6.45) is 3.50. The van der Waals surface area contributed by atoms with Crippen LogP contribution in [-0.4, -0.2) is 28.1 Å². The van der Waals surface area contributed by atoms with Gasteiger partial charge in [0.15, 0.2) is 11.4 Å². The molecule has 0 saturated heterocycles. The predicted molar refractivity (Wildman–Crippen MR) is 82.6 cm³/mol. The van der Waals surface area contributed by atoms with E-state index in [4.69, 9.17) is 10.00 Å². The zero-order valence-electron chi connectivity index (χ0n) is 12.3. The quantitative estimate of drug-likeness (QED) is 0.287. The highest BCUT2D eigenvalue weighted by atomic mass is 32.2. The van der Waals surface area contributed by atoms with Gasteiger partial charge in [0.2, 0.25) is 0 Å². The van der Waals surface area contributed by atoms with Gasteiger partial charge in [0, 0.05) is 0 Å². The highest BCUT2D eigenvalue weighted by Gasteiger charge is 2.18. The number of hydrogen-bond donors (Lipinski definition) is 2. The lowest BCUT2D eigenvalue weighted by atomic mass is 10.1. The maximum atomic E-state index is 11.9. The molecular weight excluding hydrogens is 290 g/mol. The Morgan fingerprint density at radius 2 is 2.14 bits per heavy atom. The smallest absolute Gasteiger partial charge is 0.338 e. The van der Waals surface area contributed by atoms with Gasteiger partial charge in [-0.25, -0.2) is 9.79 Å². The Hall–Kier alpha value is -2.20. The summed E-state index contributed by atoms with van der Waals surface area (Å²) < 4.78 is 5.21. The van der Waals surface area contributed by atoms with Crippen molar-refractivity contribution in [3.63, 3.8) is 0 Å². The first kappa shape index (κ1) is 16.9. The molecule has 0 atom stereocenters. The largest absolute Gasteiger partial charge is 0.506 e. The highest BCUT2D eigenvalue weighted by Crippen LogP contribution is 2.28. The second-order valence-electron chi connectivity index (χ2n) is 5.06. The number of benzene rings is 1. The van der Waals surface area contributed by atoms with Crippen molar-refractivity contribution in [2.45, 2.75) is 26.4 Å². The summed E-state index contributed by atoms with van der Waals surface area (Å²) >= 11 is 1.23. The molecule has 0 aromatic heterocycles. The first-order valence-electron chi connectivity index (χ1n) is 6.11. The molecule has 7 heteroatoms. The van der Waals surface area contributed by atoms with Crippen molar-refractivity contribution in [3.05, 3.63) is 23.8 Å². The minimum Gasteiger partial charge on any atom is -0.506 e. The predicted octanol–water partition coefficient (Wildman–Crippen LogP) is 2.77. The average Bonchev–Trinajstić information content (AvgIpc) is 2.38. The lowest BCUT2D eigenvalue weighted by Gasteiger charge is -2.19. The number of thioether (sulfide) groups is 1. The molecular formula is C14H17N3O3S. The van der Waals surface area contributed by atoms with Crippen LogP contribution in [0.5, 0.6) is 5.75 Å². The average molecular weight is 307 g/mol. The van der Waals surface area contributed by atoms with E-state index in [1.54, 1.807) is 33.2 Å². The van der Waals surface area contributed by atoms with Gasteiger partial charge in [-0.1, -0.05) is 11.8 Å². The van der Waals surface area contributed by atoms with E-state index in [1.165, 1.54) is 30.0 Å². The Bertz CT molecular complexity index is 600. The number of carbonyl (C=O) groups excluding carboxylic acids is 1. The summed E-state index contributed by atoms with van der Waals surface area (Å²) in [5, 5.41) is 21.2. The van der Waals surface area contributed by atoms with E-state index in [2.05, 4.69) is 10.3 Å². The van der Waals surface area contributed by atoms with Gasteiger partial charge in [-0.15, -0.1) is 0 Å². The molecule has 0 bridgehead atoms. The van der Waals surface area contributed by atoms with E-state index < -0.39 is 11.6 Å². The summed E-state index contributed by atoms with van der Waals surface area (Å²) in [4.78, 5) is 16.0. The standard InChI is InChI=1S/C14H17N3O3S/c1-14(2,3)20-12(19)9-5-6-10(11(18)7-9)17-13(21-4)16-8-15/h5-7,18H,1-4H3,(H,16,17). The van der Waals surface area contributed by atoms with Crippen LogP contribution in [0.4, 0.5) is 5.69 Å². The number of nitriles is 1. The van der Waals surface area contributed by atoms with E-state index in [0.717, 1.165) is 0 Å². The molecule has 1 aromatic rings. The SMILES string of the molecule is CSC(=Nc1ccc(C(=O)OC(C)(C)C)cc1O)NC#N. The molecule has 0 unspecified atom stereocenters. The number of esters is 1. The Morgan fingerprint density at radius 3 is 2.62 bits per heavy atom. The number of hydrogen-bond acceptors (Lipinski definition) is 6. The van der Waals surface area contributed by atoms with E-state index in [-0.39, 0.29) is 17.0 Å². The summed E-state index contributed by atoms with van der Waals surface area (Å²) in [6, 6.07) is 4.29. The molecule has 1 aromatic carbocycles. The summed E-state index contributed by atoms with van der Waals surface area (Å²) in [6.45, 7) is 5.30. The Labute approximate surface area is 127 Å². The van der Waals surface area contributed by atoms with Crippen molar-refractivity contribution in [1.29, 1.82) is 5.26 Å². The fraction of sp³-hybridized carbons (Fsp3) is 0.357. The highest BCUT2D eigenvalue weighted by molar-refractivity contribution is 8.13. The van der Waals surface area contributed by atoms with E-state index in [0.29, 0.717) is 5.17 Å². The number of phenols is 1. The molecule has 2 N–H and O–H groups in total. The van der Waals surface area contributed by atoms with Gasteiger partial charge in [0.1, 0.15) is 17.0 Å². The number of amidine groups is 1. The fourth-order valence-corrected chi connectivity index (χ4v) is 1.70. The van der Waals surface area contributed by atoms with Gasteiger partial charge in [0.05, 0.1) is 5.56 Å². The maximum absolute atomic E-state index is 11.9. The number of aromatic hydroxyl groups is 1. The summed E-state index contributed by atoms with van der Waals surface area (Å²) in [5.74, 6) is -0.682. The molecule has 1 rings (SSSR count). The molecule has 0 amide bonds. The van der Waals surface area contributed by atoms with Gasteiger partial charge in [-0.05, 0) is 45.2 Å². The Balaban J connectivity index is 3.01. The van der Waals surface area contributed by atoms with Crippen LogP contribution >= 0.6 is 11.8 Å². The molecule has 0 radical (unpaired) electrons. The second-order valence-corrected chi connectivity index (χ2v) is 5.86. The van der Waals surface area contributed by atoms with Gasteiger partial charge >= 0.3 is 5.97 Å². The third-order valence-electron chi connectivity index (χ3n) is 2.19. The summed E-state index contributed by atoms with van der Waals surface area (Å²) in [5.41, 5.74) is -0.110. The van der Waals surface area contributed by atoms with Crippen molar-refractivity contribution in [3.8, 4) is 11.9 Å². The van der Waals surface area contributed by atoms with Crippen molar-refractivity contribution < 1.29 is 14.6 Å². The first-order chi connectivity index (χ1) is 9.76. The van der Waals surface area contributed by atoms with Crippen LogP contribution < -0.4 is 5.32 Å². The molecule has 6 nitrogen and oxygen atoms in total. The number of phenolic OH excluding ortho intramolecular Hbond substituents is 1. The van der Waals surface area contributed by atoms with Crippen LogP contribution in [0.1, 0.15) is 31.1 Å². The molecule has 0 fully saturated rings. The number of nitrogens with one attached hydrogen (secondary N) is 1. The van der Waals surface area contributed by atoms with Gasteiger partial charge in [0.25, 0.3) is 0 Å². The third-order valence-corrected chi connectivity index (χ3v) is 2.77. The topological polar surface area (TPSA) is 94.7 Å². The van der Waals surface area contributed by atoms with Crippen molar-refractivity contribution >= 4 is 28.6 Å². The second kappa shape index (κ2) is 6.99. The zero-order valence-corrected chi connectivity index (χ0v) is 13.1. The van der Waals surface area contributed by atoms with Crippen molar-refractivity contribution in [2.24, 2.45) is 4.99 Å². The fourth-order valence-electron chi connectivity index (χ4n) is 1.36. The Kier molecular flexibility index (Phi) is 5.61. The van der Waals surface area contributed by atoms with Crippen molar-refractivity contribution in [1.82, 2.24) is 5.32 Å². The molecule has 0 saturated carbocycles. The molecule has 0 heterocycles. The third kappa shape index (κ3) is 5.36. The van der Waals surface area contributed by atoms with Crippen LogP contribution in [0, 0.1) is 11.5 Å². The number of rotatable bonds is 2.